The molecule has 0 aromatic rings. The van der Waals surface area contributed by atoms with Crippen LogP contribution in [0.5, 0.6) is 0 Å². The Labute approximate surface area is 428 Å². The molecule has 0 saturated carbocycles. The van der Waals surface area contributed by atoms with E-state index in [0.717, 1.165) is 116 Å². The van der Waals surface area contributed by atoms with Crippen LogP contribution in [0.1, 0.15) is 194 Å². The van der Waals surface area contributed by atoms with Gasteiger partial charge in [-0.15, -0.1) is 0 Å². The van der Waals surface area contributed by atoms with Crippen LogP contribution in [0, 0.1) is 0 Å². The summed E-state index contributed by atoms with van der Waals surface area (Å²) >= 11 is 0. The van der Waals surface area contributed by atoms with Crippen molar-refractivity contribution in [3.8, 4) is 0 Å². The highest BCUT2D eigenvalue weighted by molar-refractivity contribution is 7.45. The van der Waals surface area contributed by atoms with Crippen LogP contribution in [0.15, 0.2) is 122 Å². The van der Waals surface area contributed by atoms with Gasteiger partial charge in [0.15, 0.2) is 6.10 Å². The topological polar surface area (TPSA) is 111 Å². The minimum absolute atomic E-state index is 0.0475. The van der Waals surface area contributed by atoms with Crippen molar-refractivity contribution in [1.82, 2.24) is 0 Å². The molecule has 0 fully saturated rings. The summed E-state index contributed by atoms with van der Waals surface area (Å²) in [5.74, 6) is -0.897. The summed E-state index contributed by atoms with van der Waals surface area (Å²) in [6.45, 7) is 4.03. The lowest BCUT2D eigenvalue weighted by Gasteiger charge is -2.28. The molecular weight excluding hydrogens is 894 g/mol. The van der Waals surface area contributed by atoms with Gasteiger partial charge in [-0.05, 0) is 109 Å². The zero-order chi connectivity index (χ0) is 51.3. The second-order valence-corrected chi connectivity index (χ2v) is 20.3. The minimum atomic E-state index is -4.66. The molecule has 0 aromatic heterocycles. The number of carbonyl (C=O) groups is 2. The van der Waals surface area contributed by atoms with Crippen LogP contribution < -0.4 is 4.89 Å². The number of ether oxygens (including phenoxy) is 2. The molecule has 398 valence electrons. The van der Waals surface area contributed by atoms with E-state index in [0.29, 0.717) is 23.9 Å². The number of quaternary nitrogens is 1. The van der Waals surface area contributed by atoms with Crippen molar-refractivity contribution in [3.63, 3.8) is 0 Å². The number of carbonyl (C=O) groups excluding carboxylic acids is 2. The van der Waals surface area contributed by atoms with Crippen LogP contribution in [0.2, 0.25) is 0 Å². The highest BCUT2D eigenvalue weighted by Crippen LogP contribution is 2.38. The van der Waals surface area contributed by atoms with Gasteiger partial charge >= 0.3 is 11.9 Å². The Balaban J connectivity index is 4.37. The second kappa shape index (κ2) is 50.4. The monoisotopic (exact) mass is 994 g/mol. The molecular formula is C60H100NO8P. The number of phosphoric ester groups is 1. The van der Waals surface area contributed by atoms with E-state index in [2.05, 4.69) is 135 Å². The number of phosphoric acid groups is 1. The third-order valence-electron chi connectivity index (χ3n) is 11.0. The van der Waals surface area contributed by atoms with Crippen molar-refractivity contribution in [3.05, 3.63) is 122 Å². The Morgan fingerprint density at radius 1 is 0.457 bits per heavy atom. The summed E-state index contributed by atoms with van der Waals surface area (Å²) in [6.07, 6.45) is 70.9. The van der Waals surface area contributed by atoms with Crippen LogP contribution in [0.3, 0.4) is 0 Å². The van der Waals surface area contributed by atoms with E-state index < -0.39 is 32.5 Å². The molecule has 0 rings (SSSR count). The molecule has 2 atom stereocenters. The Morgan fingerprint density at radius 3 is 1.23 bits per heavy atom. The summed E-state index contributed by atoms with van der Waals surface area (Å²) in [7, 11) is 1.11. The molecule has 0 aliphatic rings. The van der Waals surface area contributed by atoms with Gasteiger partial charge in [-0.1, -0.05) is 193 Å². The summed E-state index contributed by atoms with van der Waals surface area (Å²) in [4.78, 5) is 37.8. The first kappa shape index (κ1) is 66.4. The van der Waals surface area contributed by atoms with Crippen molar-refractivity contribution < 1.29 is 42.1 Å². The van der Waals surface area contributed by atoms with Gasteiger partial charge < -0.3 is 27.9 Å². The van der Waals surface area contributed by atoms with Gasteiger partial charge in [0.05, 0.1) is 27.7 Å². The zero-order valence-corrected chi connectivity index (χ0v) is 45.8. The fourth-order valence-corrected chi connectivity index (χ4v) is 7.49. The predicted octanol–water partition coefficient (Wildman–Crippen LogP) is 16.2. The molecule has 0 amide bonds. The molecule has 0 aromatic carbocycles. The highest BCUT2D eigenvalue weighted by Gasteiger charge is 2.21. The minimum Gasteiger partial charge on any atom is -0.756 e. The van der Waals surface area contributed by atoms with Gasteiger partial charge in [0.25, 0.3) is 7.82 Å². The van der Waals surface area contributed by atoms with Gasteiger partial charge in [-0.25, -0.2) is 0 Å². The number of nitrogens with zero attached hydrogens (tertiary/aromatic N) is 1. The first-order chi connectivity index (χ1) is 34.0. The quantitative estimate of drug-likeness (QED) is 0.0195. The van der Waals surface area contributed by atoms with E-state index in [1.807, 2.05) is 21.1 Å². The number of allylic oxidation sites excluding steroid dienone is 20. The van der Waals surface area contributed by atoms with Crippen molar-refractivity contribution in [1.29, 1.82) is 0 Å². The van der Waals surface area contributed by atoms with Crippen LogP contribution in [-0.2, 0) is 32.7 Å². The number of likely N-dealkylation sites (N-methyl/N-ethyl adjacent to an activating group) is 1. The molecule has 0 heterocycles. The lowest BCUT2D eigenvalue weighted by molar-refractivity contribution is -0.870. The normalized spacial score (nSPS) is 14.3. The van der Waals surface area contributed by atoms with Gasteiger partial charge in [-0.2, -0.15) is 0 Å². The Hall–Kier alpha value is -3.59. The molecule has 0 spiro atoms. The smallest absolute Gasteiger partial charge is 0.306 e. The van der Waals surface area contributed by atoms with Gasteiger partial charge in [-0.3, -0.25) is 14.2 Å². The van der Waals surface area contributed by atoms with Gasteiger partial charge in [0, 0.05) is 12.8 Å². The Morgan fingerprint density at radius 2 is 0.814 bits per heavy atom. The maximum Gasteiger partial charge on any atom is 0.306 e. The van der Waals surface area contributed by atoms with Crippen molar-refractivity contribution in [2.75, 3.05) is 47.5 Å². The Kier molecular flexibility index (Phi) is 47.8. The molecule has 70 heavy (non-hydrogen) atoms. The van der Waals surface area contributed by atoms with Crippen molar-refractivity contribution in [2.45, 2.75) is 200 Å². The summed E-state index contributed by atoms with van der Waals surface area (Å²) < 4.78 is 34.0. The largest absolute Gasteiger partial charge is 0.756 e. The van der Waals surface area contributed by atoms with Crippen molar-refractivity contribution >= 4 is 19.8 Å². The van der Waals surface area contributed by atoms with E-state index in [-0.39, 0.29) is 26.1 Å². The lowest BCUT2D eigenvalue weighted by atomic mass is 10.1. The number of hydrogen-bond donors (Lipinski definition) is 0. The average molecular weight is 994 g/mol. The van der Waals surface area contributed by atoms with Crippen LogP contribution in [0.25, 0.3) is 0 Å². The standard InChI is InChI=1S/C60H100NO8P/c1-6-8-10-12-14-16-18-20-22-24-26-28-29-30-31-33-35-37-39-41-43-45-47-49-51-53-60(63)69-58(57-68-70(64,65)67-55-54-61(3,4)5)56-66-59(62)52-50-48-46-44-42-40-38-36-34-32-27-25-23-21-19-17-15-13-11-9-7-2/h8,10,14,16,19-22,25-28,30-31,34-37,41,43,58H,6-7,9,11-13,15,17-18,23-24,29,32-33,38-40,42,44-57H2,1-5H3/b10-8-,16-14-,21-19-,22-20-,27-25-,28-26-,31-30-,36-34-,37-35-,43-41-. The molecule has 10 heteroatoms. The number of esters is 2. The molecule has 0 saturated heterocycles. The zero-order valence-electron chi connectivity index (χ0n) is 44.9. The second-order valence-electron chi connectivity index (χ2n) is 18.9. The summed E-state index contributed by atoms with van der Waals surface area (Å²) in [6, 6.07) is 0. The molecule has 2 unspecified atom stereocenters. The van der Waals surface area contributed by atoms with E-state index in [9.17, 15) is 19.0 Å². The SMILES string of the molecule is CC/C=C\C/C=C\C/C=C\C/C=C\C/C=C\C/C=C\C/C=C\CCCCCC(=O)OC(COC(=O)CCCCCCCC/C=C\C/C=C\C/C=C\CCCCCCC)COP(=O)([O-])OCC[N+](C)(C)C. The third-order valence-corrected chi connectivity index (χ3v) is 11.9. The average Bonchev–Trinajstić information content (AvgIpc) is 3.32. The maximum absolute atomic E-state index is 12.8. The van der Waals surface area contributed by atoms with Crippen LogP contribution >= 0.6 is 7.82 Å². The molecule has 0 aliphatic heterocycles. The van der Waals surface area contributed by atoms with Crippen LogP contribution in [0.4, 0.5) is 0 Å². The summed E-state index contributed by atoms with van der Waals surface area (Å²) in [5, 5.41) is 0. The summed E-state index contributed by atoms with van der Waals surface area (Å²) in [5.41, 5.74) is 0. The highest BCUT2D eigenvalue weighted by atomic mass is 31.2. The van der Waals surface area contributed by atoms with E-state index in [1.165, 1.54) is 38.5 Å². The van der Waals surface area contributed by atoms with E-state index in [1.54, 1.807) is 0 Å². The van der Waals surface area contributed by atoms with E-state index >= 15 is 0 Å². The molecule has 0 bridgehead atoms. The molecule has 9 nitrogen and oxygen atoms in total. The van der Waals surface area contributed by atoms with E-state index in [4.69, 9.17) is 18.5 Å². The number of unbranched alkanes of at least 4 members (excludes halogenated alkanes) is 14. The molecule has 0 radical (unpaired) electrons. The fourth-order valence-electron chi connectivity index (χ4n) is 6.76. The molecule has 0 aliphatic carbocycles. The number of hydrogen-bond acceptors (Lipinski definition) is 8. The molecule has 0 N–H and O–H groups in total. The van der Waals surface area contributed by atoms with Gasteiger partial charge in [0.2, 0.25) is 0 Å². The first-order valence-corrected chi connectivity index (χ1v) is 28.7. The fraction of sp³-hybridized carbons (Fsp3) is 0.633. The van der Waals surface area contributed by atoms with Crippen molar-refractivity contribution in [2.24, 2.45) is 0 Å². The van der Waals surface area contributed by atoms with Crippen LogP contribution in [-0.4, -0.2) is 70.0 Å². The maximum atomic E-state index is 12.8. The Bertz CT molecular complexity index is 1590. The number of rotatable bonds is 48. The first-order valence-electron chi connectivity index (χ1n) is 27.2. The predicted molar refractivity (Wildman–Crippen MR) is 295 cm³/mol. The lowest BCUT2D eigenvalue weighted by Crippen LogP contribution is -2.37. The third kappa shape index (κ3) is 53.8. The van der Waals surface area contributed by atoms with Gasteiger partial charge in [0.1, 0.15) is 19.8 Å².